The van der Waals surface area contributed by atoms with Crippen LogP contribution in [0.15, 0.2) is 58.5 Å². The van der Waals surface area contributed by atoms with Gasteiger partial charge in [0.15, 0.2) is 0 Å². The van der Waals surface area contributed by atoms with Gasteiger partial charge in [0, 0.05) is 47.4 Å². The molecule has 0 atom stereocenters. The lowest BCUT2D eigenvalue weighted by molar-refractivity contribution is -0.220. The second-order valence-electron chi connectivity index (χ2n) is 11.9. The first kappa shape index (κ1) is 25.0. The summed E-state index contributed by atoms with van der Waals surface area (Å²) >= 11 is 3.44. The van der Waals surface area contributed by atoms with Crippen LogP contribution in [0.5, 0.6) is 0 Å². The van der Waals surface area contributed by atoms with Gasteiger partial charge in [-0.3, -0.25) is 9.78 Å². The fourth-order valence-corrected chi connectivity index (χ4v) is 6.36. The maximum absolute atomic E-state index is 14.1. The number of amides is 1. The fourth-order valence-electron chi connectivity index (χ4n) is 5.90. The second-order valence-corrected chi connectivity index (χ2v) is 12.7. The van der Waals surface area contributed by atoms with Gasteiger partial charge in [-0.25, -0.2) is 14.2 Å². The van der Waals surface area contributed by atoms with Crippen LogP contribution in [0.2, 0.25) is 0 Å². The van der Waals surface area contributed by atoms with Crippen molar-refractivity contribution < 1.29 is 13.9 Å². The van der Waals surface area contributed by atoms with E-state index in [9.17, 15) is 14.0 Å². The van der Waals surface area contributed by atoms with E-state index in [-0.39, 0.29) is 11.0 Å². The minimum absolute atomic E-state index is 0.129. The van der Waals surface area contributed by atoms with Gasteiger partial charge < -0.3 is 18.6 Å². The van der Waals surface area contributed by atoms with Gasteiger partial charge in [0.05, 0.1) is 24.2 Å². The lowest BCUT2D eigenvalue weighted by atomic mass is 9.42. The molecule has 0 N–H and O–H groups in total. The molecule has 0 unspecified atom stereocenters. The van der Waals surface area contributed by atoms with Gasteiger partial charge in [0.1, 0.15) is 16.9 Å². The normalized spacial score (nSPS) is 22.2. The standard InChI is InChI=1S/C28H29BrFN5O3/c1-26(2,3)38-25(37)35(17-27-14-28(30,15-27)16-27)11-18-4-5-23-32-19(13-34(23)10-18)12-33-7-6-20-21(24(33)36)8-31-9-22(20)29/h4-10,13H,11-12,14-17H2,1-3H3. The van der Waals surface area contributed by atoms with E-state index in [0.717, 1.165) is 26.8 Å². The summed E-state index contributed by atoms with van der Waals surface area (Å²) in [6.45, 7) is 6.68. The molecule has 3 aliphatic rings. The maximum atomic E-state index is 14.1. The number of aromatic nitrogens is 4. The first-order chi connectivity index (χ1) is 17.9. The Kier molecular flexibility index (Phi) is 5.68. The molecule has 198 valence electrons. The molecule has 8 nitrogen and oxygen atoms in total. The lowest BCUT2D eigenvalue weighted by Gasteiger charge is -2.66. The number of fused-ring (bicyclic) bond motifs is 2. The second kappa shape index (κ2) is 8.62. The van der Waals surface area contributed by atoms with Crippen molar-refractivity contribution in [1.82, 2.24) is 23.8 Å². The van der Waals surface area contributed by atoms with Crippen LogP contribution in [0.25, 0.3) is 16.4 Å². The summed E-state index contributed by atoms with van der Waals surface area (Å²) < 4.78 is 24.1. The van der Waals surface area contributed by atoms with E-state index in [1.54, 1.807) is 28.1 Å². The number of rotatable bonds is 6. The van der Waals surface area contributed by atoms with Crippen molar-refractivity contribution in [3.63, 3.8) is 0 Å². The van der Waals surface area contributed by atoms with Crippen LogP contribution in [-0.4, -0.2) is 47.7 Å². The van der Waals surface area contributed by atoms with Crippen molar-refractivity contribution in [2.75, 3.05) is 6.54 Å². The zero-order valence-electron chi connectivity index (χ0n) is 21.6. The van der Waals surface area contributed by atoms with E-state index in [1.165, 1.54) is 0 Å². The SMILES string of the molecule is CC(C)(C)OC(=O)N(Cc1ccc2nc(Cn3ccc4c(Br)cncc4c3=O)cn2c1)CC12CC(F)(C1)C2. The Hall–Kier alpha value is -3.27. The van der Waals surface area contributed by atoms with Crippen LogP contribution in [0.1, 0.15) is 51.3 Å². The number of pyridine rings is 3. The van der Waals surface area contributed by atoms with Crippen molar-refractivity contribution in [1.29, 1.82) is 0 Å². The Morgan fingerprint density at radius 2 is 1.92 bits per heavy atom. The number of carbonyl (C=O) groups excluding carboxylic acids is 1. The number of imidazole rings is 1. The number of alkyl halides is 1. The summed E-state index contributed by atoms with van der Waals surface area (Å²) in [4.78, 5) is 36.5. The number of ether oxygens (including phenoxy) is 1. The monoisotopic (exact) mass is 581 g/mol. The van der Waals surface area contributed by atoms with Gasteiger partial charge in [0.25, 0.3) is 5.56 Å². The van der Waals surface area contributed by atoms with E-state index in [4.69, 9.17) is 4.74 Å². The summed E-state index contributed by atoms with van der Waals surface area (Å²) in [6.07, 6.45) is 9.99. The molecule has 3 fully saturated rings. The minimum atomic E-state index is -1.02. The Morgan fingerprint density at radius 3 is 2.63 bits per heavy atom. The molecule has 10 heteroatoms. The third-order valence-electron chi connectivity index (χ3n) is 7.37. The largest absolute Gasteiger partial charge is 0.444 e. The average molecular weight is 582 g/mol. The Morgan fingerprint density at radius 1 is 1.16 bits per heavy atom. The van der Waals surface area contributed by atoms with Gasteiger partial charge >= 0.3 is 6.09 Å². The molecule has 3 aliphatic carbocycles. The summed E-state index contributed by atoms with van der Waals surface area (Å²) in [5, 5.41) is 1.36. The van der Waals surface area contributed by atoms with Crippen molar-refractivity contribution in [2.24, 2.45) is 5.41 Å². The molecule has 0 aliphatic heterocycles. The predicted octanol–water partition coefficient (Wildman–Crippen LogP) is 5.48. The Balaban J connectivity index is 1.23. The van der Waals surface area contributed by atoms with Crippen LogP contribution in [0.3, 0.4) is 0 Å². The highest BCUT2D eigenvalue weighted by Crippen LogP contribution is 2.69. The van der Waals surface area contributed by atoms with Crippen LogP contribution < -0.4 is 5.56 Å². The fraction of sp³-hybridized carbons (Fsp3) is 0.429. The molecule has 4 aromatic rings. The van der Waals surface area contributed by atoms with Crippen LogP contribution in [-0.2, 0) is 17.8 Å². The molecule has 3 saturated carbocycles. The number of halogens is 2. The quantitative estimate of drug-likeness (QED) is 0.301. The molecular formula is C28H29BrFN5O3. The topological polar surface area (TPSA) is 81.7 Å². The lowest BCUT2D eigenvalue weighted by Crippen LogP contribution is -2.68. The molecule has 7 rings (SSSR count). The first-order valence-electron chi connectivity index (χ1n) is 12.7. The van der Waals surface area contributed by atoms with E-state index < -0.39 is 17.4 Å². The third kappa shape index (κ3) is 4.59. The molecule has 0 radical (unpaired) electrons. The molecule has 0 spiro atoms. The van der Waals surface area contributed by atoms with Gasteiger partial charge in [-0.15, -0.1) is 0 Å². The van der Waals surface area contributed by atoms with Gasteiger partial charge in [-0.1, -0.05) is 6.07 Å². The molecular weight excluding hydrogens is 553 g/mol. The summed E-state index contributed by atoms with van der Waals surface area (Å²) in [7, 11) is 0. The highest BCUT2D eigenvalue weighted by atomic mass is 79.9. The first-order valence-corrected chi connectivity index (χ1v) is 13.5. The maximum Gasteiger partial charge on any atom is 0.410 e. The molecule has 38 heavy (non-hydrogen) atoms. The van der Waals surface area contributed by atoms with E-state index >= 15 is 0 Å². The summed E-state index contributed by atoms with van der Waals surface area (Å²) in [5.41, 5.74) is 0.481. The molecule has 0 aromatic carbocycles. The zero-order chi connectivity index (χ0) is 26.9. The Labute approximate surface area is 227 Å². The van der Waals surface area contributed by atoms with Crippen LogP contribution in [0.4, 0.5) is 9.18 Å². The number of hydrogen-bond acceptors (Lipinski definition) is 5. The third-order valence-corrected chi connectivity index (χ3v) is 8.00. The summed E-state index contributed by atoms with van der Waals surface area (Å²) in [5.74, 6) is 0. The van der Waals surface area contributed by atoms with Crippen LogP contribution in [0, 0.1) is 5.41 Å². The van der Waals surface area contributed by atoms with Gasteiger partial charge in [0.2, 0.25) is 0 Å². The van der Waals surface area contributed by atoms with E-state index in [1.807, 2.05) is 55.8 Å². The molecule has 4 heterocycles. The molecule has 2 bridgehead atoms. The van der Waals surface area contributed by atoms with Gasteiger partial charge in [-0.2, -0.15) is 0 Å². The van der Waals surface area contributed by atoms with E-state index in [2.05, 4.69) is 25.9 Å². The minimum Gasteiger partial charge on any atom is -0.444 e. The molecule has 4 aromatic heterocycles. The highest BCUT2D eigenvalue weighted by Gasteiger charge is 2.69. The van der Waals surface area contributed by atoms with Gasteiger partial charge in [-0.05, 0) is 79.1 Å². The number of nitrogens with zero attached hydrogens (tertiary/aromatic N) is 5. The van der Waals surface area contributed by atoms with Crippen molar-refractivity contribution in [3.8, 4) is 0 Å². The molecule has 1 amide bonds. The average Bonchev–Trinajstić information content (AvgIpc) is 3.19. The number of hydrogen-bond donors (Lipinski definition) is 0. The highest BCUT2D eigenvalue weighted by molar-refractivity contribution is 9.10. The van der Waals surface area contributed by atoms with Crippen molar-refractivity contribution >= 4 is 38.4 Å². The van der Waals surface area contributed by atoms with Crippen LogP contribution >= 0.6 is 15.9 Å². The van der Waals surface area contributed by atoms with Crippen molar-refractivity contribution in [3.05, 3.63) is 75.3 Å². The number of carbonyl (C=O) groups is 1. The van der Waals surface area contributed by atoms with Crippen molar-refractivity contribution in [2.45, 2.75) is 64.4 Å². The Bertz CT molecular complexity index is 1620. The smallest absolute Gasteiger partial charge is 0.410 e. The zero-order valence-corrected chi connectivity index (χ0v) is 23.2. The summed E-state index contributed by atoms with van der Waals surface area (Å²) in [6, 6.07) is 5.72. The van der Waals surface area contributed by atoms with E-state index in [0.29, 0.717) is 44.3 Å². The predicted molar refractivity (Wildman–Crippen MR) is 145 cm³/mol. The molecule has 0 saturated heterocycles.